The standard InChI is InChI=1S/C25H22Cl2N2O6/c1-16(28-35-25(30)19-7-9-20(10-8-19)29(31)32)3-4-17-6-12-23(24(14-17)33-2)34-15-18-5-11-21(26)22(27)13-18/h5-14H,3-4,15H2,1-2H3/b28-16-. The van der Waals surface area contributed by atoms with E-state index in [4.69, 9.17) is 37.5 Å². The summed E-state index contributed by atoms with van der Waals surface area (Å²) in [6, 6.07) is 16.0. The Labute approximate surface area is 212 Å². The fourth-order valence-corrected chi connectivity index (χ4v) is 3.36. The number of rotatable bonds is 10. The first-order chi connectivity index (χ1) is 16.8. The van der Waals surface area contributed by atoms with Gasteiger partial charge in [-0.05, 0) is 67.3 Å². The van der Waals surface area contributed by atoms with Crippen molar-refractivity contribution in [2.24, 2.45) is 5.16 Å². The van der Waals surface area contributed by atoms with E-state index in [0.29, 0.717) is 46.7 Å². The molecule has 10 heteroatoms. The van der Waals surface area contributed by atoms with E-state index in [2.05, 4.69) is 5.16 Å². The second kappa shape index (κ2) is 12.2. The van der Waals surface area contributed by atoms with Crippen molar-refractivity contribution in [2.75, 3.05) is 7.11 Å². The summed E-state index contributed by atoms with van der Waals surface area (Å²) in [6.45, 7) is 2.05. The minimum Gasteiger partial charge on any atom is -0.493 e. The predicted molar refractivity (Wildman–Crippen MR) is 134 cm³/mol. The molecule has 0 radical (unpaired) electrons. The third kappa shape index (κ3) is 7.43. The van der Waals surface area contributed by atoms with Gasteiger partial charge in [0.15, 0.2) is 11.5 Å². The molecule has 0 unspecified atom stereocenters. The van der Waals surface area contributed by atoms with Gasteiger partial charge in [0, 0.05) is 12.1 Å². The van der Waals surface area contributed by atoms with E-state index < -0.39 is 10.9 Å². The Hall–Kier alpha value is -3.62. The zero-order valence-corrected chi connectivity index (χ0v) is 20.5. The molecule has 182 valence electrons. The molecule has 0 N–H and O–H groups in total. The second-order valence-electron chi connectivity index (χ2n) is 7.53. The van der Waals surface area contributed by atoms with Crippen LogP contribution in [-0.4, -0.2) is 23.7 Å². The van der Waals surface area contributed by atoms with Crippen molar-refractivity contribution in [3.63, 3.8) is 0 Å². The smallest absolute Gasteiger partial charge is 0.365 e. The van der Waals surface area contributed by atoms with Gasteiger partial charge in [-0.15, -0.1) is 0 Å². The van der Waals surface area contributed by atoms with Crippen LogP contribution >= 0.6 is 23.2 Å². The van der Waals surface area contributed by atoms with E-state index in [1.54, 1.807) is 26.2 Å². The number of nitro groups is 1. The highest BCUT2D eigenvalue weighted by atomic mass is 35.5. The molecule has 0 fully saturated rings. The number of carbonyl (C=O) groups excluding carboxylic acids is 1. The lowest BCUT2D eigenvalue weighted by molar-refractivity contribution is -0.384. The van der Waals surface area contributed by atoms with Crippen LogP contribution in [0.3, 0.4) is 0 Å². The molecule has 0 bridgehead atoms. The molecular formula is C25H22Cl2N2O6. The number of oxime groups is 1. The first kappa shape index (κ1) is 26.0. The maximum atomic E-state index is 12.1. The lowest BCUT2D eigenvalue weighted by atomic mass is 10.1. The second-order valence-corrected chi connectivity index (χ2v) is 8.35. The zero-order valence-electron chi connectivity index (χ0n) is 19.0. The maximum Gasteiger partial charge on any atom is 0.365 e. The van der Waals surface area contributed by atoms with E-state index >= 15 is 0 Å². The topological polar surface area (TPSA) is 100 Å². The molecule has 0 aliphatic rings. The summed E-state index contributed by atoms with van der Waals surface area (Å²) in [6.07, 6.45) is 1.17. The lowest BCUT2D eigenvalue weighted by Gasteiger charge is -2.13. The minimum absolute atomic E-state index is 0.109. The van der Waals surface area contributed by atoms with Gasteiger partial charge in [0.2, 0.25) is 0 Å². The Bertz CT molecular complexity index is 1250. The lowest BCUT2D eigenvalue weighted by Crippen LogP contribution is -2.04. The summed E-state index contributed by atoms with van der Waals surface area (Å²) in [5, 5.41) is 15.5. The molecule has 0 aliphatic carbocycles. The highest BCUT2D eigenvalue weighted by Gasteiger charge is 2.11. The van der Waals surface area contributed by atoms with E-state index in [-0.39, 0.29) is 11.3 Å². The Morgan fingerprint density at radius 1 is 0.971 bits per heavy atom. The van der Waals surface area contributed by atoms with Crippen LogP contribution in [0.25, 0.3) is 0 Å². The van der Waals surface area contributed by atoms with Gasteiger partial charge in [-0.25, -0.2) is 4.79 Å². The molecule has 0 atom stereocenters. The molecule has 3 aromatic carbocycles. The van der Waals surface area contributed by atoms with Crippen LogP contribution in [0.5, 0.6) is 11.5 Å². The molecule has 3 rings (SSSR count). The highest BCUT2D eigenvalue weighted by Crippen LogP contribution is 2.30. The number of halogens is 2. The SMILES string of the molecule is COc1cc(CC/C(C)=N\OC(=O)c2ccc([N+](=O)[O-])cc2)ccc1OCc1ccc(Cl)c(Cl)c1. The first-order valence-corrected chi connectivity index (χ1v) is 11.3. The van der Waals surface area contributed by atoms with Crippen molar-refractivity contribution in [3.8, 4) is 11.5 Å². The number of methoxy groups -OCH3 is 1. The number of aryl methyl sites for hydroxylation is 1. The monoisotopic (exact) mass is 516 g/mol. The van der Waals surface area contributed by atoms with Crippen LogP contribution in [0.2, 0.25) is 10.0 Å². The van der Waals surface area contributed by atoms with Crippen LogP contribution in [0.4, 0.5) is 5.69 Å². The number of carbonyl (C=O) groups is 1. The van der Waals surface area contributed by atoms with Crippen LogP contribution in [-0.2, 0) is 17.9 Å². The van der Waals surface area contributed by atoms with Gasteiger partial charge in [0.1, 0.15) is 6.61 Å². The van der Waals surface area contributed by atoms with Crippen molar-refractivity contribution >= 4 is 40.6 Å². The molecule has 0 aliphatic heterocycles. The van der Waals surface area contributed by atoms with Crippen LogP contribution in [0.15, 0.2) is 65.8 Å². The van der Waals surface area contributed by atoms with Crippen molar-refractivity contribution in [1.82, 2.24) is 0 Å². The third-order valence-corrected chi connectivity index (χ3v) is 5.72. The van der Waals surface area contributed by atoms with E-state index in [9.17, 15) is 14.9 Å². The van der Waals surface area contributed by atoms with Gasteiger partial charge in [-0.1, -0.05) is 40.5 Å². The van der Waals surface area contributed by atoms with Gasteiger partial charge < -0.3 is 14.3 Å². The zero-order chi connectivity index (χ0) is 25.4. The number of ether oxygens (including phenoxy) is 2. The van der Waals surface area contributed by atoms with Gasteiger partial charge in [-0.3, -0.25) is 10.1 Å². The fourth-order valence-electron chi connectivity index (χ4n) is 3.04. The van der Waals surface area contributed by atoms with E-state index in [0.717, 1.165) is 11.1 Å². The number of non-ortho nitro benzene ring substituents is 1. The van der Waals surface area contributed by atoms with Gasteiger partial charge >= 0.3 is 5.97 Å². The normalized spacial score (nSPS) is 11.1. The molecule has 0 amide bonds. The van der Waals surface area contributed by atoms with Crippen molar-refractivity contribution in [1.29, 1.82) is 0 Å². The van der Waals surface area contributed by atoms with Crippen molar-refractivity contribution in [3.05, 3.63) is 97.5 Å². The summed E-state index contributed by atoms with van der Waals surface area (Å²) in [5.41, 5.74) is 2.54. The first-order valence-electron chi connectivity index (χ1n) is 10.5. The molecule has 0 saturated heterocycles. The molecule has 0 aromatic heterocycles. The molecular weight excluding hydrogens is 495 g/mol. The summed E-state index contributed by atoms with van der Waals surface area (Å²) < 4.78 is 11.3. The quantitative estimate of drug-likeness (QED) is 0.129. The Morgan fingerprint density at radius 3 is 2.34 bits per heavy atom. The Morgan fingerprint density at radius 2 is 1.69 bits per heavy atom. The third-order valence-electron chi connectivity index (χ3n) is 4.98. The predicted octanol–water partition coefficient (Wildman–Crippen LogP) is 6.65. The summed E-state index contributed by atoms with van der Waals surface area (Å²) in [4.78, 5) is 27.2. The molecule has 8 nitrogen and oxygen atoms in total. The maximum absolute atomic E-state index is 12.1. The largest absolute Gasteiger partial charge is 0.493 e. The molecule has 0 spiro atoms. The molecule has 35 heavy (non-hydrogen) atoms. The van der Waals surface area contributed by atoms with E-state index in [1.807, 2.05) is 24.3 Å². The molecule has 0 heterocycles. The number of hydrogen-bond acceptors (Lipinski definition) is 7. The summed E-state index contributed by atoms with van der Waals surface area (Å²) in [7, 11) is 1.56. The summed E-state index contributed by atoms with van der Waals surface area (Å²) in [5.74, 6) is 0.482. The number of hydrogen-bond donors (Lipinski definition) is 0. The number of nitrogens with zero attached hydrogens (tertiary/aromatic N) is 2. The number of nitro benzene ring substituents is 1. The average molecular weight is 517 g/mol. The van der Waals surface area contributed by atoms with Gasteiger partial charge in [0.25, 0.3) is 5.69 Å². The highest BCUT2D eigenvalue weighted by molar-refractivity contribution is 6.42. The van der Waals surface area contributed by atoms with Crippen LogP contribution in [0, 0.1) is 10.1 Å². The molecule has 3 aromatic rings. The van der Waals surface area contributed by atoms with E-state index in [1.165, 1.54) is 24.3 Å². The van der Waals surface area contributed by atoms with Gasteiger partial charge in [-0.2, -0.15) is 0 Å². The Kier molecular flexibility index (Phi) is 9.05. The minimum atomic E-state index is -0.690. The fraction of sp³-hybridized carbons (Fsp3) is 0.200. The Balaban J connectivity index is 1.54. The van der Waals surface area contributed by atoms with Crippen LogP contribution in [0.1, 0.15) is 34.8 Å². The summed E-state index contributed by atoms with van der Waals surface area (Å²) >= 11 is 12.0. The molecule has 0 saturated carbocycles. The van der Waals surface area contributed by atoms with Crippen molar-refractivity contribution in [2.45, 2.75) is 26.4 Å². The average Bonchev–Trinajstić information content (AvgIpc) is 2.86. The van der Waals surface area contributed by atoms with Crippen LogP contribution < -0.4 is 9.47 Å². The number of benzene rings is 3. The van der Waals surface area contributed by atoms with Gasteiger partial charge in [0.05, 0.1) is 33.4 Å². The van der Waals surface area contributed by atoms with Crippen molar-refractivity contribution < 1.29 is 24.0 Å².